The van der Waals surface area contributed by atoms with Gasteiger partial charge in [-0.15, -0.1) is 0 Å². The Morgan fingerprint density at radius 2 is 1.84 bits per heavy atom. The maximum atomic E-state index is 13.2. The van der Waals surface area contributed by atoms with Gasteiger partial charge in [0.05, 0.1) is 0 Å². The molecule has 2 aromatic carbocycles. The fourth-order valence-corrected chi connectivity index (χ4v) is 2.50. The van der Waals surface area contributed by atoms with Crippen molar-refractivity contribution in [2.24, 2.45) is 0 Å². The zero-order valence-corrected chi connectivity index (χ0v) is 13.9. The van der Waals surface area contributed by atoms with Gasteiger partial charge in [0.25, 0.3) is 5.91 Å². The highest BCUT2D eigenvalue weighted by Gasteiger charge is 2.15. The highest BCUT2D eigenvalue weighted by molar-refractivity contribution is 5.94. The largest absolute Gasteiger partial charge is 0.435 e. The molecule has 0 aliphatic rings. The molecule has 0 saturated heterocycles. The molecular weight excluding hydrogens is 331 g/mol. The molecular formula is C19H20F3NO2. The lowest BCUT2D eigenvalue weighted by Crippen LogP contribution is -2.33. The van der Waals surface area contributed by atoms with Crippen LogP contribution in [0, 0.1) is 5.82 Å². The molecule has 25 heavy (non-hydrogen) atoms. The number of benzene rings is 2. The first-order valence-corrected chi connectivity index (χ1v) is 8.08. The normalized spacial score (nSPS) is 10.8. The zero-order valence-electron chi connectivity index (χ0n) is 13.9. The average molecular weight is 351 g/mol. The van der Waals surface area contributed by atoms with Gasteiger partial charge in [-0.2, -0.15) is 8.78 Å². The van der Waals surface area contributed by atoms with Gasteiger partial charge in [-0.1, -0.05) is 19.1 Å². The van der Waals surface area contributed by atoms with Gasteiger partial charge < -0.3 is 9.64 Å². The van der Waals surface area contributed by atoms with Crippen LogP contribution in [0.5, 0.6) is 5.75 Å². The third-order valence-electron chi connectivity index (χ3n) is 3.67. The minimum atomic E-state index is -2.90. The van der Waals surface area contributed by atoms with E-state index in [2.05, 4.69) is 4.74 Å². The second kappa shape index (κ2) is 9.11. The van der Waals surface area contributed by atoms with E-state index in [4.69, 9.17) is 0 Å². The highest BCUT2D eigenvalue weighted by Crippen LogP contribution is 2.16. The fraction of sp³-hybridized carbons (Fsp3) is 0.316. The van der Waals surface area contributed by atoms with Crippen molar-refractivity contribution < 1.29 is 22.7 Å². The molecule has 0 aliphatic carbocycles. The molecule has 0 saturated carbocycles. The van der Waals surface area contributed by atoms with Crippen molar-refractivity contribution in [2.45, 2.75) is 26.4 Å². The van der Waals surface area contributed by atoms with Gasteiger partial charge in [-0.05, 0) is 54.8 Å². The predicted octanol–water partition coefficient (Wildman–Crippen LogP) is 4.52. The van der Waals surface area contributed by atoms with E-state index in [0.717, 1.165) is 12.0 Å². The molecule has 2 rings (SSSR count). The van der Waals surface area contributed by atoms with E-state index in [9.17, 15) is 18.0 Å². The van der Waals surface area contributed by atoms with Gasteiger partial charge in [-0.3, -0.25) is 4.79 Å². The van der Waals surface area contributed by atoms with Crippen molar-refractivity contribution in [3.8, 4) is 5.75 Å². The average Bonchev–Trinajstić information content (AvgIpc) is 2.58. The fourth-order valence-electron chi connectivity index (χ4n) is 2.50. The van der Waals surface area contributed by atoms with Gasteiger partial charge in [0.15, 0.2) is 0 Å². The van der Waals surface area contributed by atoms with Crippen molar-refractivity contribution in [1.82, 2.24) is 4.90 Å². The monoisotopic (exact) mass is 351 g/mol. The van der Waals surface area contributed by atoms with Crippen molar-refractivity contribution in [3.63, 3.8) is 0 Å². The Hall–Kier alpha value is -2.50. The Morgan fingerprint density at radius 1 is 1.12 bits per heavy atom. The number of carbonyl (C=O) groups is 1. The Kier molecular flexibility index (Phi) is 6.86. The second-order valence-corrected chi connectivity index (χ2v) is 5.58. The standard InChI is InChI=1S/C19H20F3NO2/c1-2-11-23(12-10-14-4-3-5-16(20)13-14)18(24)15-6-8-17(9-7-15)25-19(21)22/h3-9,13,19H,2,10-12H2,1H3. The number of carbonyl (C=O) groups excluding carboxylic acids is 1. The summed E-state index contributed by atoms with van der Waals surface area (Å²) < 4.78 is 41.9. The molecule has 6 heteroatoms. The summed E-state index contributed by atoms with van der Waals surface area (Å²) in [7, 11) is 0. The molecule has 0 N–H and O–H groups in total. The lowest BCUT2D eigenvalue weighted by atomic mass is 10.1. The number of halogens is 3. The summed E-state index contributed by atoms with van der Waals surface area (Å²) in [5, 5.41) is 0. The number of nitrogens with zero attached hydrogens (tertiary/aromatic N) is 1. The number of amides is 1. The number of hydrogen-bond donors (Lipinski definition) is 0. The molecule has 0 bridgehead atoms. The van der Waals surface area contributed by atoms with Crippen molar-refractivity contribution in [1.29, 1.82) is 0 Å². The lowest BCUT2D eigenvalue weighted by molar-refractivity contribution is -0.0498. The van der Waals surface area contributed by atoms with Crippen LogP contribution in [0.1, 0.15) is 29.3 Å². The molecule has 0 radical (unpaired) electrons. The van der Waals surface area contributed by atoms with Crippen LogP contribution < -0.4 is 4.74 Å². The summed E-state index contributed by atoms with van der Waals surface area (Å²) in [6.45, 7) is 0.0704. The Morgan fingerprint density at radius 3 is 2.44 bits per heavy atom. The van der Waals surface area contributed by atoms with Crippen molar-refractivity contribution >= 4 is 5.91 Å². The molecule has 0 fully saturated rings. The van der Waals surface area contributed by atoms with Crippen LogP contribution in [0.3, 0.4) is 0 Å². The summed E-state index contributed by atoms with van der Waals surface area (Å²) in [6, 6.07) is 11.9. The topological polar surface area (TPSA) is 29.5 Å². The van der Waals surface area contributed by atoms with Gasteiger partial charge in [0.1, 0.15) is 11.6 Å². The second-order valence-electron chi connectivity index (χ2n) is 5.58. The maximum absolute atomic E-state index is 13.2. The molecule has 1 amide bonds. The lowest BCUT2D eigenvalue weighted by Gasteiger charge is -2.22. The Labute approximate surface area is 145 Å². The van der Waals surface area contributed by atoms with Crippen LogP contribution in [-0.4, -0.2) is 30.5 Å². The van der Waals surface area contributed by atoms with Crippen LogP contribution in [0.25, 0.3) is 0 Å². The number of alkyl halides is 2. The zero-order chi connectivity index (χ0) is 18.2. The van der Waals surface area contributed by atoms with E-state index >= 15 is 0 Å². The molecule has 2 aromatic rings. The van der Waals surface area contributed by atoms with E-state index < -0.39 is 6.61 Å². The van der Waals surface area contributed by atoms with Crippen LogP contribution >= 0.6 is 0 Å². The summed E-state index contributed by atoms with van der Waals surface area (Å²) in [6.07, 6.45) is 1.32. The van der Waals surface area contributed by atoms with Gasteiger partial charge in [0.2, 0.25) is 0 Å². The van der Waals surface area contributed by atoms with E-state index in [-0.39, 0.29) is 17.5 Å². The van der Waals surface area contributed by atoms with Gasteiger partial charge >= 0.3 is 6.61 Å². The van der Waals surface area contributed by atoms with E-state index in [1.54, 1.807) is 11.0 Å². The Bertz CT molecular complexity index is 689. The summed E-state index contributed by atoms with van der Waals surface area (Å²) in [5.41, 5.74) is 1.21. The third kappa shape index (κ3) is 5.81. The van der Waals surface area contributed by atoms with Crippen molar-refractivity contribution in [2.75, 3.05) is 13.1 Å². The molecule has 0 heterocycles. The van der Waals surface area contributed by atoms with Crippen LogP contribution in [0.2, 0.25) is 0 Å². The predicted molar refractivity (Wildman–Crippen MR) is 89.4 cm³/mol. The van der Waals surface area contributed by atoms with Crippen molar-refractivity contribution in [3.05, 3.63) is 65.5 Å². The van der Waals surface area contributed by atoms with E-state index in [1.165, 1.54) is 36.4 Å². The quantitative estimate of drug-likeness (QED) is 0.700. The Balaban J connectivity index is 2.03. The van der Waals surface area contributed by atoms with Crippen LogP contribution in [-0.2, 0) is 6.42 Å². The molecule has 134 valence electrons. The van der Waals surface area contributed by atoms with Gasteiger partial charge in [0, 0.05) is 18.7 Å². The van der Waals surface area contributed by atoms with Gasteiger partial charge in [-0.25, -0.2) is 4.39 Å². The molecule has 3 nitrogen and oxygen atoms in total. The first-order chi connectivity index (χ1) is 12.0. The molecule has 0 atom stereocenters. The van der Waals surface area contributed by atoms with Crippen LogP contribution in [0.4, 0.5) is 13.2 Å². The number of rotatable bonds is 8. The third-order valence-corrected chi connectivity index (χ3v) is 3.67. The smallest absolute Gasteiger partial charge is 0.387 e. The molecule has 0 aromatic heterocycles. The first-order valence-electron chi connectivity index (χ1n) is 8.08. The molecule has 0 spiro atoms. The summed E-state index contributed by atoms with van der Waals surface area (Å²) >= 11 is 0. The minimum absolute atomic E-state index is 0.00773. The SMILES string of the molecule is CCCN(CCc1cccc(F)c1)C(=O)c1ccc(OC(F)F)cc1. The summed E-state index contributed by atoms with van der Waals surface area (Å²) in [4.78, 5) is 14.3. The molecule has 0 aliphatic heterocycles. The summed E-state index contributed by atoms with van der Waals surface area (Å²) in [5.74, 6) is -0.490. The maximum Gasteiger partial charge on any atom is 0.387 e. The number of hydrogen-bond acceptors (Lipinski definition) is 2. The highest BCUT2D eigenvalue weighted by atomic mass is 19.3. The molecule has 0 unspecified atom stereocenters. The minimum Gasteiger partial charge on any atom is -0.435 e. The van der Waals surface area contributed by atoms with E-state index in [0.29, 0.717) is 25.1 Å². The number of ether oxygens (including phenoxy) is 1. The van der Waals surface area contributed by atoms with E-state index in [1.807, 2.05) is 13.0 Å². The first kappa shape index (κ1) is 18.8. The van der Waals surface area contributed by atoms with Crippen LogP contribution in [0.15, 0.2) is 48.5 Å².